The molecule has 0 bridgehead atoms. The Balaban J connectivity index is 3.09. The SMILES string of the molecule is CCCO[Si](C)(OCCC)c1cccc(C(=O)N=[N+]=[N-])c1. The van der Waals surface area contributed by atoms with Crippen LogP contribution in [-0.4, -0.2) is 27.7 Å². The molecule has 21 heavy (non-hydrogen) atoms. The van der Waals surface area contributed by atoms with Gasteiger partial charge in [-0.15, -0.1) is 0 Å². The molecule has 1 aromatic carbocycles. The molecule has 0 heterocycles. The fourth-order valence-corrected chi connectivity index (χ4v) is 4.26. The number of hydrogen-bond acceptors (Lipinski definition) is 3. The van der Waals surface area contributed by atoms with E-state index in [1.165, 1.54) is 0 Å². The monoisotopic (exact) mass is 307 g/mol. The van der Waals surface area contributed by atoms with Crippen molar-refractivity contribution in [1.29, 1.82) is 0 Å². The van der Waals surface area contributed by atoms with Gasteiger partial charge in [-0.2, -0.15) is 0 Å². The molecule has 1 rings (SSSR count). The Labute approximate surface area is 126 Å². The summed E-state index contributed by atoms with van der Waals surface area (Å²) < 4.78 is 11.9. The lowest BCUT2D eigenvalue weighted by molar-refractivity contribution is 0.100. The molecule has 0 radical (unpaired) electrons. The summed E-state index contributed by atoms with van der Waals surface area (Å²) in [4.78, 5) is 14.2. The zero-order valence-corrected chi connectivity index (χ0v) is 13.7. The van der Waals surface area contributed by atoms with Gasteiger partial charge in [0.15, 0.2) is 0 Å². The first-order valence-electron chi connectivity index (χ1n) is 7.05. The molecule has 114 valence electrons. The molecule has 6 nitrogen and oxygen atoms in total. The number of rotatable bonds is 8. The molecule has 0 aromatic heterocycles. The second-order valence-corrected chi connectivity index (χ2v) is 7.76. The van der Waals surface area contributed by atoms with Crippen molar-refractivity contribution in [3.63, 3.8) is 0 Å². The molecule has 0 N–H and O–H groups in total. The normalized spacial score (nSPS) is 11.0. The van der Waals surface area contributed by atoms with Crippen molar-refractivity contribution in [3.8, 4) is 0 Å². The van der Waals surface area contributed by atoms with Crippen LogP contribution in [-0.2, 0) is 8.85 Å². The summed E-state index contributed by atoms with van der Waals surface area (Å²) in [5.74, 6) is -0.596. The molecule has 0 atom stereocenters. The Hall–Kier alpha value is -1.66. The van der Waals surface area contributed by atoms with E-state index in [1.54, 1.807) is 18.2 Å². The molecular weight excluding hydrogens is 286 g/mol. The number of amides is 1. The first-order chi connectivity index (χ1) is 10.1. The van der Waals surface area contributed by atoms with Crippen LogP contribution in [0.15, 0.2) is 29.4 Å². The van der Waals surface area contributed by atoms with Gasteiger partial charge in [0.05, 0.1) is 0 Å². The van der Waals surface area contributed by atoms with Crippen LogP contribution in [0.1, 0.15) is 37.0 Å². The van der Waals surface area contributed by atoms with Crippen LogP contribution >= 0.6 is 0 Å². The summed E-state index contributed by atoms with van der Waals surface area (Å²) in [6.45, 7) is 7.27. The summed E-state index contributed by atoms with van der Waals surface area (Å²) in [5, 5.41) is 3.98. The van der Waals surface area contributed by atoms with E-state index in [0.29, 0.717) is 18.8 Å². The lowest BCUT2D eigenvalue weighted by Crippen LogP contribution is -2.51. The predicted molar refractivity (Wildman–Crippen MR) is 83.7 cm³/mol. The van der Waals surface area contributed by atoms with Crippen LogP contribution in [0.4, 0.5) is 0 Å². The van der Waals surface area contributed by atoms with E-state index >= 15 is 0 Å². The number of carbonyl (C=O) groups is 1. The van der Waals surface area contributed by atoms with Crippen LogP contribution in [0.5, 0.6) is 0 Å². The van der Waals surface area contributed by atoms with Crippen molar-refractivity contribution in [2.24, 2.45) is 5.11 Å². The molecule has 1 amide bonds. The van der Waals surface area contributed by atoms with Gasteiger partial charge >= 0.3 is 8.56 Å². The van der Waals surface area contributed by atoms with Gasteiger partial charge in [-0.25, -0.2) is 0 Å². The van der Waals surface area contributed by atoms with Crippen molar-refractivity contribution in [2.75, 3.05) is 13.2 Å². The van der Waals surface area contributed by atoms with Gasteiger partial charge in [0.1, 0.15) is 0 Å². The third kappa shape index (κ3) is 4.98. The Bertz CT molecular complexity index is 522. The van der Waals surface area contributed by atoms with Crippen LogP contribution in [0, 0.1) is 0 Å². The highest BCUT2D eigenvalue weighted by Crippen LogP contribution is 2.12. The smallest absolute Gasteiger partial charge is 0.369 e. The molecule has 0 aliphatic carbocycles. The van der Waals surface area contributed by atoms with Crippen molar-refractivity contribution >= 4 is 19.7 Å². The van der Waals surface area contributed by atoms with Gasteiger partial charge in [0, 0.05) is 23.7 Å². The van der Waals surface area contributed by atoms with Crippen LogP contribution in [0.3, 0.4) is 0 Å². The molecule has 0 aliphatic rings. The topological polar surface area (TPSA) is 84.3 Å². The number of benzene rings is 1. The van der Waals surface area contributed by atoms with Gasteiger partial charge in [-0.3, -0.25) is 4.79 Å². The fourth-order valence-electron chi connectivity index (χ4n) is 1.84. The molecule has 0 spiro atoms. The second-order valence-electron chi connectivity index (χ2n) is 4.72. The first kappa shape index (κ1) is 17.4. The molecule has 0 fully saturated rings. The fraction of sp³-hybridized carbons (Fsp3) is 0.500. The lowest BCUT2D eigenvalue weighted by atomic mass is 10.2. The molecule has 0 aliphatic heterocycles. The van der Waals surface area contributed by atoms with Crippen molar-refractivity contribution in [1.82, 2.24) is 0 Å². The molecule has 0 saturated carbocycles. The van der Waals surface area contributed by atoms with Crippen molar-refractivity contribution in [2.45, 2.75) is 33.2 Å². The highest BCUT2D eigenvalue weighted by molar-refractivity contribution is 6.80. The van der Waals surface area contributed by atoms with Crippen LogP contribution < -0.4 is 5.19 Å². The highest BCUT2D eigenvalue weighted by atomic mass is 28.4. The number of nitrogens with zero attached hydrogens (tertiary/aromatic N) is 3. The minimum atomic E-state index is -2.55. The van der Waals surface area contributed by atoms with Crippen LogP contribution in [0.25, 0.3) is 10.4 Å². The summed E-state index contributed by atoms with van der Waals surface area (Å²) in [5.41, 5.74) is 8.71. The minimum absolute atomic E-state index is 0.351. The number of hydrogen-bond donors (Lipinski definition) is 0. The zero-order chi connectivity index (χ0) is 15.7. The second kappa shape index (κ2) is 8.59. The van der Waals surface area contributed by atoms with E-state index in [1.807, 2.05) is 26.5 Å². The maximum Gasteiger partial charge on any atom is 0.369 e. The third-order valence-electron chi connectivity index (χ3n) is 2.93. The molecule has 0 saturated heterocycles. The van der Waals surface area contributed by atoms with E-state index in [4.69, 9.17) is 14.4 Å². The van der Waals surface area contributed by atoms with Gasteiger partial charge in [-0.05, 0) is 41.3 Å². The van der Waals surface area contributed by atoms with Crippen molar-refractivity contribution in [3.05, 3.63) is 40.3 Å². The summed E-state index contributed by atoms with van der Waals surface area (Å²) in [6.07, 6.45) is 1.80. The molecule has 1 aromatic rings. The number of azide groups is 1. The van der Waals surface area contributed by atoms with E-state index < -0.39 is 14.5 Å². The quantitative estimate of drug-likeness (QED) is 0.320. The largest absolute Gasteiger partial charge is 0.391 e. The number of carbonyl (C=O) groups excluding carboxylic acids is 1. The standard InChI is InChI=1S/C14H21N3O3Si/c1-4-9-19-21(3,20-10-5-2)13-8-6-7-12(11-13)14(18)16-17-15/h6-8,11H,4-5,9-10H2,1-3H3. The zero-order valence-electron chi connectivity index (χ0n) is 12.7. The minimum Gasteiger partial charge on any atom is -0.391 e. The van der Waals surface area contributed by atoms with Gasteiger partial charge in [0.2, 0.25) is 5.91 Å². The molecular formula is C14H21N3O3Si. The van der Waals surface area contributed by atoms with E-state index in [0.717, 1.165) is 18.0 Å². The van der Waals surface area contributed by atoms with Crippen LogP contribution in [0.2, 0.25) is 6.55 Å². The predicted octanol–water partition coefficient (Wildman–Crippen LogP) is 3.27. The van der Waals surface area contributed by atoms with Gasteiger partial charge in [-0.1, -0.05) is 32.0 Å². The van der Waals surface area contributed by atoms with Gasteiger partial charge in [0.25, 0.3) is 0 Å². The Morgan fingerprint density at radius 3 is 2.43 bits per heavy atom. The lowest BCUT2D eigenvalue weighted by Gasteiger charge is -2.27. The Morgan fingerprint density at radius 2 is 1.90 bits per heavy atom. The van der Waals surface area contributed by atoms with Crippen molar-refractivity contribution < 1.29 is 13.6 Å². The Kier molecular flexibility index (Phi) is 7.11. The first-order valence-corrected chi connectivity index (χ1v) is 9.37. The third-order valence-corrected chi connectivity index (χ3v) is 5.80. The molecule has 7 heteroatoms. The summed E-state index contributed by atoms with van der Waals surface area (Å²) >= 11 is 0. The van der Waals surface area contributed by atoms with E-state index in [2.05, 4.69) is 10.0 Å². The van der Waals surface area contributed by atoms with Gasteiger partial charge < -0.3 is 8.85 Å². The average Bonchev–Trinajstić information content (AvgIpc) is 2.51. The summed E-state index contributed by atoms with van der Waals surface area (Å²) in [6, 6.07) is 6.97. The maximum atomic E-state index is 11.7. The average molecular weight is 307 g/mol. The Morgan fingerprint density at radius 1 is 1.29 bits per heavy atom. The highest BCUT2D eigenvalue weighted by Gasteiger charge is 2.34. The molecule has 0 unspecified atom stereocenters. The summed E-state index contributed by atoms with van der Waals surface area (Å²) in [7, 11) is -2.55. The van der Waals surface area contributed by atoms with E-state index in [-0.39, 0.29) is 0 Å². The van der Waals surface area contributed by atoms with E-state index in [9.17, 15) is 4.79 Å². The maximum absolute atomic E-state index is 11.7.